The second-order valence-corrected chi connectivity index (χ2v) is 4.85. The van der Waals surface area contributed by atoms with Crippen LogP contribution in [0.3, 0.4) is 0 Å². The van der Waals surface area contributed by atoms with Crippen molar-refractivity contribution in [3.63, 3.8) is 0 Å². The predicted molar refractivity (Wildman–Crippen MR) is 66.1 cm³/mol. The van der Waals surface area contributed by atoms with E-state index in [1.165, 1.54) is 0 Å². The van der Waals surface area contributed by atoms with Crippen LogP contribution in [0.4, 0.5) is 0 Å². The van der Waals surface area contributed by atoms with Gasteiger partial charge in [0, 0.05) is 12.2 Å². The summed E-state index contributed by atoms with van der Waals surface area (Å²) in [5.74, 6) is 0.991. The molecular formula is C13H20N2O2. The molecule has 1 unspecified atom stereocenters. The Hall–Kier alpha value is -1.16. The Morgan fingerprint density at radius 3 is 2.82 bits per heavy atom. The summed E-state index contributed by atoms with van der Waals surface area (Å²) in [6, 6.07) is 0. The summed E-state index contributed by atoms with van der Waals surface area (Å²) in [7, 11) is 0. The molecule has 4 heteroatoms. The van der Waals surface area contributed by atoms with E-state index in [9.17, 15) is 4.79 Å². The number of aromatic amines is 1. The van der Waals surface area contributed by atoms with Gasteiger partial charge in [0.1, 0.15) is 11.9 Å². The van der Waals surface area contributed by atoms with Gasteiger partial charge < -0.3 is 9.72 Å². The van der Waals surface area contributed by atoms with Gasteiger partial charge >= 0.3 is 0 Å². The van der Waals surface area contributed by atoms with Crippen LogP contribution in [0.5, 0.6) is 0 Å². The SMILES string of the molecule is CCOC(c1nc2c(c(=O)[nH]1)CCC2)C(C)C. The zero-order chi connectivity index (χ0) is 12.4. The molecule has 0 aliphatic heterocycles. The third-order valence-corrected chi connectivity index (χ3v) is 3.18. The number of aryl methyl sites for hydroxylation is 1. The van der Waals surface area contributed by atoms with Gasteiger partial charge in [-0.05, 0) is 32.1 Å². The summed E-state index contributed by atoms with van der Waals surface area (Å²) in [4.78, 5) is 19.4. The highest BCUT2D eigenvalue weighted by Gasteiger charge is 2.23. The van der Waals surface area contributed by atoms with Crippen molar-refractivity contribution >= 4 is 0 Å². The number of nitrogens with one attached hydrogen (secondary N) is 1. The van der Waals surface area contributed by atoms with E-state index in [0.29, 0.717) is 18.3 Å². The Kier molecular flexibility index (Phi) is 3.62. The minimum atomic E-state index is -0.112. The molecule has 1 atom stereocenters. The molecular weight excluding hydrogens is 216 g/mol. The molecule has 0 fully saturated rings. The number of aromatic nitrogens is 2. The summed E-state index contributed by atoms with van der Waals surface area (Å²) >= 11 is 0. The lowest BCUT2D eigenvalue weighted by Gasteiger charge is -2.20. The van der Waals surface area contributed by atoms with Crippen molar-refractivity contribution in [2.24, 2.45) is 5.92 Å². The van der Waals surface area contributed by atoms with Crippen molar-refractivity contribution in [3.05, 3.63) is 27.4 Å². The summed E-state index contributed by atoms with van der Waals surface area (Å²) in [6.07, 6.45) is 2.71. The van der Waals surface area contributed by atoms with Crippen molar-refractivity contribution in [3.8, 4) is 0 Å². The summed E-state index contributed by atoms with van der Waals surface area (Å²) in [5.41, 5.74) is 1.86. The molecule has 1 aliphatic carbocycles. The van der Waals surface area contributed by atoms with E-state index in [1.807, 2.05) is 6.92 Å². The van der Waals surface area contributed by atoms with Gasteiger partial charge in [-0.3, -0.25) is 4.79 Å². The fourth-order valence-electron chi connectivity index (χ4n) is 2.36. The fraction of sp³-hybridized carbons (Fsp3) is 0.692. The lowest BCUT2D eigenvalue weighted by Crippen LogP contribution is -2.22. The molecule has 1 aliphatic rings. The number of rotatable bonds is 4. The average Bonchev–Trinajstić information content (AvgIpc) is 2.73. The van der Waals surface area contributed by atoms with E-state index in [2.05, 4.69) is 23.8 Å². The molecule has 4 nitrogen and oxygen atoms in total. The van der Waals surface area contributed by atoms with Crippen molar-refractivity contribution < 1.29 is 4.74 Å². The molecule has 0 amide bonds. The van der Waals surface area contributed by atoms with Crippen LogP contribution in [0, 0.1) is 5.92 Å². The van der Waals surface area contributed by atoms with Gasteiger partial charge in [-0.2, -0.15) is 0 Å². The maximum Gasteiger partial charge on any atom is 0.254 e. The molecule has 0 radical (unpaired) electrons. The molecule has 0 aromatic carbocycles. The monoisotopic (exact) mass is 236 g/mol. The highest BCUT2D eigenvalue weighted by Crippen LogP contribution is 2.24. The van der Waals surface area contributed by atoms with E-state index in [0.717, 1.165) is 30.5 Å². The van der Waals surface area contributed by atoms with Crippen LogP contribution in [0.25, 0.3) is 0 Å². The van der Waals surface area contributed by atoms with Crippen molar-refractivity contribution in [2.45, 2.75) is 46.1 Å². The van der Waals surface area contributed by atoms with E-state index < -0.39 is 0 Å². The molecule has 2 rings (SSSR count). The first-order valence-corrected chi connectivity index (χ1v) is 6.37. The minimum Gasteiger partial charge on any atom is -0.370 e. The Labute approximate surface area is 101 Å². The smallest absolute Gasteiger partial charge is 0.254 e. The number of hydrogen-bond acceptors (Lipinski definition) is 3. The maximum atomic E-state index is 11.9. The van der Waals surface area contributed by atoms with E-state index >= 15 is 0 Å². The van der Waals surface area contributed by atoms with Crippen LogP contribution in [0.15, 0.2) is 4.79 Å². The lowest BCUT2D eigenvalue weighted by molar-refractivity contribution is 0.0229. The topological polar surface area (TPSA) is 55.0 Å². The Balaban J connectivity index is 2.38. The molecule has 0 saturated heterocycles. The van der Waals surface area contributed by atoms with Gasteiger partial charge in [0.2, 0.25) is 0 Å². The zero-order valence-electron chi connectivity index (χ0n) is 10.7. The van der Waals surface area contributed by atoms with E-state index in [1.54, 1.807) is 0 Å². The molecule has 0 saturated carbocycles. The number of H-pyrrole nitrogens is 1. The van der Waals surface area contributed by atoms with Gasteiger partial charge in [-0.1, -0.05) is 13.8 Å². The standard InChI is InChI=1S/C13H20N2O2/c1-4-17-11(8(2)3)12-14-10-7-5-6-9(10)13(16)15-12/h8,11H,4-7H2,1-3H3,(H,14,15,16). The lowest BCUT2D eigenvalue weighted by atomic mass is 10.1. The first-order valence-electron chi connectivity index (χ1n) is 6.37. The summed E-state index contributed by atoms with van der Waals surface area (Å²) < 4.78 is 5.67. The van der Waals surface area contributed by atoms with Gasteiger partial charge in [0.15, 0.2) is 0 Å². The minimum absolute atomic E-state index is 0.0212. The first kappa shape index (κ1) is 12.3. The maximum absolute atomic E-state index is 11.9. The highest BCUT2D eigenvalue weighted by atomic mass is 16.5. The molecule has 0 spiro atoms. The zero-order valence-corrected chi connectivity index (χ0v) is 10.7. The van der Waals surface area contributed by atoms with E-state index in [4.69, 9.17) is 4.74 Å². The Morgan fingerprint density at radius 2 is 2.18 bits per heavy atom. The van der Waals surface area contributed by atoms with Crippen molar-refractivity contribution in [1.29, 1.82) is 0 Å². The fourth-order valence-corrected chi connectivity index (χ4v) is 2.36. The molecule has 0 bridgehead atoms. The van der Waals surface area contributed by atoms with Crippen LogP contribution in [-0.4, -0.2) is 16.6 Å². The van der Waals surface area contributed by atoms with Gasteiger partial charge in [-0.15, -0.1) is 0 Å². The molecule has 1 N–H and O–H groups in total. The number of hydrogen-bond donors (Lipinski definition) is 1. The Bertz CT molecular complexity index is 451. The normalized spacial score (nSPS) is 16.2. The van der Waals surface area contributed by atoms with Crippen LogP contribution >= 0.6 is 0 Å². The third kappa shape index (κ3) is 2.41. The molecule has 94 valence electrons. The van der Waals surface area contributed by atoms with Crippen LogP contribution in [-0.2, 0) is 17.6 Å². The first-order chi connectivity index (χ1) is 8.13. The van der Waals surface area contributed by atoms with Gasteiger partial charge in [0.25, 0.3) is 5.56 Å². The van der Waals surface area contributed by atoms with Gasteiger partial charge in [-0.25, -0.2) is 4.98 Å². The quantitative estimate of drug-likeness (QED) is 0.869. The summed E-state index contributed by atoms with van der Waals surface area (Å²) in [6.45, 7) is 6.74. The molecule has 1 aromatic heterocycles. The van der Waals surface area contributed by atoms with Crippen LogP contribution < -0.4 is 5.56 Å². The van der Waals surface area contributed by atoms with Crippen molar-refractivity contribution in [2.75, 3.05) is 6.61 Å². The molecule has 1 heterocycles. The number of nitrogens with zero attached hydrogens (tertiary/aromatic N) is 1. The second kappa shape index (κ2) is 5.00. The Morgan fingerprint density at radius 1 is 1.41 bits per heavy atom. The molecule has 17 heavy (non-hydrogen) atoms. The predicted octanol–water partition coefficient (Wildman–Crippen LogP) is 1.99. The third-order valence-electron chi connectivity index (χ3n) is 3.18. The van der Waals surface area contributed by atoms with Crippen molar-refractivity contribution in [1.82, 2.24) is 9.97 Å². The highest BCUT2D eigenvalue weighted by molar-refractivity contribution is 5.23. The second-order valence-electron chi connectivity index (χ2n) is 4.85. The number of fused-ring (bicyclic) bond motifs is 1. The average molecular weight is 236 g/mol. The van der Waals surface area contributed by atoms with E-state index in [-0.39, 0.29) is 11.7 Å². The number of ether oxygens (including phenoxy) is 1. The van der Waals surface area contributed by atoms with Gasteiger partial charge in [0.05, 0.1) is 5.69 Å². The molecule has 1 aromatic rings. The van der Waals surface area contributed by atoms with Crippen LogP contribution in [0.1, 0.15) is 50.4 Å². The summed E-state index contributed by atoms with van der Waals surface area (Å²) in [5, 5.41) is 0. The largest absolute Gasteiger partial charge is 0.370 e. The van der Waals surface area contributed by atoms with Crippen LogP contribution in [0.2, 0.25) is 0 Å².